The Morgan fingerprint density at radius 3 is 2.43 bits per heavy atom. The molecule has 0 saturated carbocycles. The van der Waals surface area contributed by atoms with E-state index < -0.39 is 23.9 Å². The van der Waals surface area contributed by atoms with E-state index in [0.717, 1.165) is 43.1 Å². The van der Waals surface area contributed by atoms with Crippen molar-refractivity contribution in [2.24, 2.45) is 5.92 Å². The van der Waals surface area contributed by atoms with Crippen LogP contribution in [0.4, 0.5) is 18.0 Å². The van der Waals surface area contributed by atoms with Crippen molar-refractivity contribution in [3.63, 3.8) is 0 Å². The van der Waals surface area contributed by atoms with E-state index in [1.807, 2.05) is 36.4 Å². The molecular formula is C33H35F3N2O4. The molecular weight excluding hydrogens is 545 g/mol. The topological polar surface area (TPSA) is 62.2 Å². The van der Waals surface area contributed by atoms with Crippen molar-refractivity contribution in [2.75, 3.05) is 26.2 Å². The minimum atomic E-state index is -4.54. The van der Waals surface area contributed by atoms with Gasteiger partial charge in [0.1, 0.15) is 12.4 Å². The van der Waals surface area contributed by atoms with E-state index >= 15 is 0 Å². The third kappa shape index (κ3) is 6.73. The molecule has 6 rings (SSSR count). The van der Waals surface area contributed by atoms with E-state index in [0.29, 0.717) is 30.4 Å². The third-order valence-electron chi connectivity index (χ3n) is 8.11. The largest absolute Gasteiger partial charge is 0.501 e. The molecule has 3 aromatic rings. The van der Waals surface area contributed by atoms with Crippen molar-refractivity contribution in [3.8, 4) is 5.75 Å². The summed E-state index contributed by atoms with van der Waals surface area (Å²) in [5.41, 5.74) is 1.19. The summed E-state index contributed by atoms with van der Waals surface area (Å²) < 4.78 is 52.4. The highest BCUT2D eigenvalue weighted by Crippen LogP contribution is 2.39. The van der Waals surface area contributed by atoms with Gasteiger partial charge >= 0.3 is 12.3 Å². The summed E-state index contributed by atoms with van der Waals surface area (Å²) in [5.74, 6) is 0.743. The highest BCUT2D eigenvalue weighted by molar-refractivity contribution is 5.67. The van der Waals surface area contributed by atoms with E-state index in [1.54, 1.807) is 36.1 Å². The summed E-state index contributed by atoms with van der Waals surface area (Å²) in [6, 6.07) is 20.1. The first-order valence-corrected chi connectivity index (χ1v) is 14.2. The molecule has 3 fully saturated rings. The Morgan fingerprint density at radius 2 is 1.79 bits per heavy atom. The number of benzene rings is 3. The maximum atomic E-state index is 13.8. The molecule has 1 unspecified atom stereocenters. The van der Waals surface area contributed by atoms with E-state index in [-0.39, 0.29) is 18.2 Å². The van der Waals surface area contributed by atoms with Gasteiger partial charge in [0.15, 0.2) is 0 Å². The monoisotopic (exact) mass is 580 g/mol. The SMILES string of the molecule is CCOC=Cc1ccc(COc2cccc(C(c3ccccc3)N(C(=O)O)[C@H]3CN4CCC3CC4)c2)cc1C(F)(F)F. The van der Waals surface area contributed by atoms with Crippen molar-refractivity contribution in [1.82, 2.24) is 9.80 Å². The standard InChI is InChI=1S/C33H35F3N2O4/c1-2-41-18-15-24-12-11-23(19-29(24)33(34,35)36)22-42-28-10-6-9-27(20-28)31(26-7-4-3-5-8-26)38(32(39)40)30-21-37-16-13-25(30)14-17-37/h3-12,15,18-20,25,30-31H,2,13-14,16-17,21-22H2,1H3,(H,39,40)/t30-,31?/m0/s1. The van der Waals surface area contributed by atoms with Crippen molar-refractivity contribution in [2.45, 2.75) is 44.6 Å². The lowest BCUT2D eigenvalue weighted by atomic mass is 9.81. The van der Waals surface area contributed by atoms with E-state index in [9.17, 15) is 23.1 Å². The summed E-state index contributed by atoms with van der Waals surface area (Å²) in [6.07, 6.45) is -1.02. The molecule has 3 aliphatic heterocycles. The molecule has 0 aliphatic carbocycles. The molecule has 2 bridgehead atoms. The summed E-state index contributed by atoms with van der Waals surface area (Å²) in [4.78, 5) is 16.8. The first kappa shape index (κ1) is 29.5. The van der Waals surface area contributed by atoms with Crippen LogP contribution in [0.5, 0.6) is 5.75 Å². The van der Waals surface area contributed by atoms with Crippen molar-refractivity contribution < 1.29 is 32.5 Å². The Morgan fingerprint density at radius 1 is 1.05 bits per heavy atom. The predicted molar refractivity (Wildman–Crippen MR) is 154 cm³/mol. The quantitative estimate of drug-likeness (QED) is 0.252. The molecule has 3 aromatic carbocycles. The molecule has 1 N–H and O–H groups in total. The van der Waals surface area contributed by atoms with Gasteiger partial charge in [-0.3, -0.25) is 4.90 Å². The van der Waals surface area contributed by atoms with Gasteiger partial charge in [0, 0.05) is 6.54 Å². The number of fused-ring (bicyclic) bond motifs is 3. The van der Waals surface area contributed by atoms with E-state index in [1.165, 1.54) is 18.4 Å². The zero-order valence-corrected chi connectivity index (χ0v) is 23.5. The minimum absolute atomic E-state index is 0.00824. The van der Waals surface area contributed by atoms with Gasteiger partial charge in [0.2, 0.25) is 0 Å². The van der Waals surface area contributed by atoms with Crippen molar-refractivity contribution in [3.05, 3.63) is 107 Å². The van der Waals surface area contributed by atoms with Crippen LogP contribution >= 0.6 is 0 Å². The average molecular weight is 581 g/mol. The van der Waals surface area contributed by atoms with Gasteiger partial charge in [-0.1, -0.05) is 54.6 Å². The fourth-order valence-corrected chi connectivity index (χ4v) is 6.08. The number of halogens is 3. The lowest BCUT2D eigenvalue weighted by Crippen LogP contribution is -2.59. The van der Waals surface area contributed by atoms with Crippen LogP contribution < -0.4 is 4.74 Å². The number of amides is 1. The molecule has 3 saturated heterocycles. The van der Waals surface area contributed by atoms with E-state index in [4.69, 9.17) is 9.47 Å². The minimum Gasteiger partial charge on any atom is -0.501 e. The van der Waals surface area contributed by atoms with Gasteiger partial charge in [-0.15, -0.1) is 0 Å². The van der Waals surface area contributed by atoms with Gasteiger partial charge in [0.25, 0.3) is 0 Å². The summed E-state index contributed by atoms with van der Waals surface area (Å²) in [6.45, 7) is 4.72. The fourth-order valence-electron chi connectivity index (χ4n) is 6.08. The van der Waals surface area contributed by atoms with Gasteiger partial charge in [-0.05, 0) is 85.3 Å². The summed E-state index contributed by atoms with van der Waals surface area (Å²) in [5, 5.41) is 10.5. The Labute approximate surface area is 244 Å². The Hall–Kier alpha value is -3.98. The molecule has 0 spiro atoms. The van der Waals surface area contributed by atoms with Gasteiger partial charge < -0.3 is 19.5 Å². The third-order valence-corrected chi connectivity index (χ3v) is 8.11. The second-order valence-electron chi connectivity index (χ2n) is 10.7. The van der Waals surface area contributed by atoms with Crippen LogP contribution in [0.3, 0.4) is 0 Å². The Bertz CT molecular complexity index is 1390. The lowest BCUT2D eigenvalue weighted by Gasteiger charge is -2.50. The maximum Gasteiger partial charge on any atom is 0.416 e. The lowest BCUT2D eigenvalue weighted by molar-refractivity contribution is -0.137. The normalized spacial score (nSPS) is 20.8. The number of carboxylic acid groups (broad SMARTS) is 1. The molecule has 42 heavy (non-hydrogen) atoms. The summed E-state index contributed by atoms with van der Waals surface area (Å²) in [7, 11) is 0. The zero-order chi connectivity index (χ0) is 29.7. The number of hydrogen-bond donors (Lipinski definition) is 1. The van der Waals surface area contributed by atoms with Crippen LogP contribution in [0.25, 0.3) is 6.08 Å². The van der Waals surface area contributed by atoms with Gasteiger partial charge in [-0.25, -0.2) is 4.79 Å². The number of hydrogen-bond acceptors (Lipinski definition) is 4. The molecule has 9 heteroatoms. The smallest absolute Gasteiger partial charge is 0.416 e. The van der Waals surface area contributed by atoms with Crippen LogP contribution in [-0.2, 0) is 17.5 Å². The molecule has 6 nitrogen and oxygen atoms in total. The summed E-state index contributed by atoms with van der Waals surface area (Å²) >= 11 is 0. The highest BCUT2D eigenvalue weighted by Gasteiger charge is 2.43. The molecule has 0 aromatic heterocycles. The second-order valence-corrected chi connectivity index (χ2v) is 10.7. The van der Waals surface area contributed by atoms with Crippen LogP contribution in [0.15, 0.2) is 79.1 Å². The maximum absolute atomic E-state index is 13.8. The van der Waals surface area contributed by atoms with E-state index in [2.05, 4.69) is 4.90 Å². The molecule has 3 heterocycles. The number of alkyl halides is 3. The van der Waals surface area contributed by atoms with Crippen molar-refractivity contribution in [1.29, 1.82) is 0 Å². The Balaban J connectivity index is 1.42. The number of nitrogens with zero attached hydrogens (tertiary/aromatic N) is 2. The molecule has 222 valence electrons. The zero-order valence-electron chi connectivity index (χ0n) is 23.5. The highest BCUT2D eigenvalue weighted by atomic mass is 19.4. The molecule has 1 amide bonds. The Kier molecular flexibility index (Phi) is 9.06. The van der Waals surface area contributed by atoms with Crippen molar-refractivity contribution >= 4 is 12.2 Å². The number of ether oxygens (including phenoxy) is 2. The fraction of sp³-hybridized carbons (Fsp3) is 0.364. The van der Waals surface area contributed by atoms with Crippen LogP contribution in [0.1, 0.15) is 53.6 Å². The second kappa shape index (κ2) is 12.9. The van der Waals surface area contributed by atoms with Gasteiger partial charge in [0.05, 0.1) is 30.5 Å². The molecule has 2 atom stereocenters. The molecule has 3 aliphatic rings. The van der Waals surface area contributed by atoms with Crippen LogP contribution in [0.2, 0.25) is 0 Å². The average Bonchev–Trinajstić information content (AvgIpc) is 2.99. The van der Waals surface area contributed by atoms with Crippen LogP contribution in [0, 0.1) is 5.92 Å². The van der Waals surface area contributed by atoms with Crippen LogP contribution in [-0.4, -0.2) is 53.3 Å². The first-order chi connectivity index (χ1) is 20.2. The number of rotatable bonds is 10. The number of carbonyl (C=O) groups is 1. The number of piperidine rings is 3. The first-order valence-electron chi connectivity index (χ1n) is 14.2. The molecule has 0 radical (unpaired) electrons. The predicted octanol–water partition coefficient (Wildman–Crippen LogP) is 7.46. The van der Waals surface area contributed by atoms with Gasteiger partial charge in [-0.2, -0.15) is 13.2 Å².